The van der Waals surface area contributed by atoms with E-state index in [1.54, 1.807) is 0 Å². The minimum Gasteiger partial charge on any atom is -0.376 e. The molecule has 1 aliphatic rings. The van der Waals surface area contributed by atoms with Gasteiger partial charge in [0, 0.05) is 26.1 Å². The summed E-state index contributed by atoms with van der Waals surface area (Å²) >= 11 is 0. The van der Waals surface area contributed by atoms with Gasteiger partial charge in [-0.1, -0.05) is 19.8 Å². The average molecular weight is 242 g/mol. The molecule has 0 aromatic heterocycles. The lowest BCUT2D eigenvalue weighted by Crippen LogP contribution is -2.33. The van der Waals surface area contributed by atoms with Crippen molar-refractivity contribution in [1.29, 1.82) is 0 Å². The maximum absolute atomic E-state index is 11.5. The van der Waals surface area contributed by atoms with Crippen molar-refractivity contribution in [2.75, 3.05) is 26.2 Å². The third-order valence-corrected chi connectivity index (χ3v) is 3.04. The molecule has 1 rings (SSSR count). The number of amides is 1. The van der Waals surface area contributed by atoms with Gasteiger partial charge in [0.15, 0.2) is 0 Å². The summed E-state index contributed by atoms with van der Waals surface area (Å²) < 4.78 is 5.44. The zero-order chi connectivity index (χ0) is 12.3. The van der Waals surface area contributed by atoms with Gasteiger partial charge in [0.2, 0.25) is 5.91 Å². The highest BCUT2D eigenvalue weighted by Crippen LogP contribution is 2.10. The van der Waals surface area contributed by atoms with E-state index in [0.29, 0.717) is 13.0 Å². The van der Waals surface area contributed by atoms with Crippen molar-refractivity contribution in [2.45, 2.75) is 51.6 Å². The first-order chi connectivity index (χ1) is 8.33. The van der Waals surface area contributed by atoms with Crippen LogP contribution >= 0.6 is 0 Å². The molecule has 1 aliphatic heterocycles. The first-order valence-corrected chi connectivity index (χ1v) is 6.92. The van der Waals surface area contributed by atoms with Crippen molar-refractivity contribution in [1.82, 2.24) is 10.6 Å². The molecular weight excluding hydrogens is 216 g/mol. The minimum absolute atomic E-state index is 0.128. The molecule has 2 N–H and O–H groups in total. The highest BCUT2D eigenvalue weighted by atomic mass is 16.5. The molecule has 0 aromatic carbocycles. The van der Waals surface area contributed by atoms with Crippen LogP contribution in [0, 0.1) is 0 Å². The van der Waals surface area contributed by atoms with Crippen LogP contribution in [0.1, 0.15) is 45.4 Å². The van der Waals surface area contributed by atoms with Gasteiger partial charge in [-0.2, -0.15) is 0 Å². The Balaban J connectivity index is 1.87. The lowest BCUT2D eigenvalue weighted by atomic mass is 10.2. The lowest BCUT2D eigenvalue weighted by Gasteiger charge is -2.10. The van der Waals surface area contributed by atoms with Gasteiger partial charge in [0.1, 0.15) is 0 Å². The van der Waals surface area contributed by atoms with E-state index in [-0.39, 0.29) is 12.0 Å². The Labute approximate surface area is 104 Å². The molecule has 0 spiro atoms. The highest BCUT2D eigenvalue weighted by molar-refractivity contribution is 5.76. The Morgan fingerprint density at radius 3 is 2.94 bits per heavy atom. The van der Waals surface area contributed by atoms with E-state index >= 15 is 0 Å². The fourth-order valence-corrected chi connectivity index (χ4v) is 1.95. The molecule has 0 radical (unpaired) electrons. The molecule has 100 valence electrons. The third-order valence-electron chi connectivity index (χ3n) is 3.04. The predicted octanol–water partition coefficient (Wildman–Crippen LogP) is 1.45. The van der Waals surface area contributed by atoms with Crippen LogP contribution in [0.5, 0.6) is 0 Å². The summed E-state index contributed by atoms with van der Waals surface area (Å²) in [5.41, 5.74) is 0. The van der Waals surface area contributed by atoms with Crippen LogP contribution in [-0.2, 0) is 9.53 Å². The average Bonchev–Trinajstić information content (AvgIpc) is 2.84. The molecule has 0 bridgehead atoms. The van der Waals surface area contributed by atoms with Gasteiger partial charge in [-0.05, 0) is 25.8 Å². The van der Waals surface area contributed by atoms with E-state index < -0.39 is 0 Å². The number of hydrogen-bond donors (Lipinski definition) is 2. The van der Waals surface area contributed by atoms with Crippen LogP contribution in [-0.4, -0.2) is 38.3 Å². The summed E-state index contributed by atoms with van der Waals surface area (Å²) in [6.45, 7) is 5.51. The SMILES string of the molecule is CCCCCNCCC(=O)NCC1CCCO1. The van der Waals surface area contributed by atoms with Crippen LogP contribution < -0.4 is 10.6 Å². The summed E-state index contributed by atoms with van der Waals surface area (Å²) in [6.07, 6.45) is 6.72. The Bertz CT molecular complexity index is 204. The molecule has 0 saturated carbocycles. The first kappa shape index (κ1) is 14.5. The van der Waals surface area contributed by atoms with Crippen molar-refractivity contribution >= 4 is 5.91 Å². The minimum atomic E-state index is 0.128. The van der Waals surface area contributed by atoms with Gasteiger partial charge in [-0.15, -0.1) is 0 Å². The van der Waals surface area contributed by atoms with E-state index in [4.69, 9.17) is 4.74 Å². The molecular formula is C13H26N2O2. The molecule has 17 heavy (non-hydrogen) atoms. The van der Waals surface area contributed by atoms with Gasteiger partial charge in [0.25, 0.3) is 0 Å². The fraction of sp³-hybridized carbons (Fsp3) is 0.923. The van der Waals surface area contributed by atoms with E-state index in [2.05, 4.69) is 17.6 Å². The second kappa shape index (κ2) is 9.42. The number of carbonyl (C=O) groups excluding carboxylic acids is 1. The topological polar surface area (TPSA) is 50.4 Å². The smallest absolute Gasteiger partial charge is 0.221 e. The van der Waals surface area contributed by atoms with Crippen LogP contribution in [0.4, 0.5) is 0 Å². The Kier molecular flexibility index (Phi) is 8.01. The predicted molar refractivity (Wildman–Crippen MR) is 69.0 cm³/mol. The maximum atomic E-state index is 11.5. The number of nitrogens with one attached hydrogen (secondary N) is 2. The monoisotopic (exact) mass is 242 g/mol. The van der Waals surface area contributed by atoms with Crippen molar-refractivity contribution in [3.63, 3.8) is 0 Å². The molecule has 1 fully saturated rings. The third kappa shape index (κ3) is 7.34. The Morgan fingerprint density at radius 2 is 2.24 bits per heavy atom. The van der Waals surface area contributed by atoms with Crippen molar-refractivity contribution in [3.8, 4) is 0 Å². The summed E-state index contributed by atoms with van der Waals surface area (Å²) in [7, 11) is 0. The normalized spacial score (nSPS) is 19.5. The molecule has 1 unspecified atom stereocenters. The van der Waals surface area contributed by atoms with E-state index in [1.165, 1.54) is 19.3 Å². The number of unbranched alkanes of at least 4 members (excludes halogenated alkanes) is 2. The fourth-order valence-electron chi connectivity index (χ4n) is 1.95. The van der Waals surface area contributed by atoms with Gasteiger partial charge in [0.05, 0.1) is 6.10 Å². The summed E-state index contributed by atoms with van der Waals surface area (Å²) in [4.78, 5) is 11.5. The van der Waals surface area contributed by atoms with Gasteiger partial charge in [-0.3, -0.25) is 4.79 Å². The largest absolute Gasteiger partial charge is 0.376 e. The highest BCUT2D eigenvalue weighted by Gasteiger charge is 2.15. The second-order valence-electron chi connectivity index (χ2n) is 4.65. The number of carbonyl (C=O) groups is 1. The second-order valence-corrected chi connectivity index (χ2v) is 4.65. The molecule has 1 saturated heterocycles. The zero-order valence-electron chi connectivity index (χ0n) is 11.0. The van der Waals surface area contributed by atoms with Crippen LogP contribution in [0.15, 0.2) is 0 Å². The van der Waals surface area contributed by atoms with E-state index in [0.717, 1.165) is 32.5 Å². The van der Waals surface area contributed by atoms with Gasteiger partial charge < -0.3 is 15.4 Å². The molecule has 0 aliphatic carbocycles. The lowest BCUT2D eigenvalue weighted by molar-refractivity contribution is -0.121. The maximum Gasteiger partial charge on any atom is 0.221 e. The Hall–Kier alpha value is -0.610. The van der Waals surface area contributed by atoms with E-state index in [9.17, 15) is 4.79 Å². The number of rotatable bonds is 9. The van der Waals surface area contributed by atoms with Crippen LogP contribution in [0.25, 0.3) is 0 Å². The summed E-state index contributed by atoms with van der Waals surface area (Å²) in [5, 5.41) is 6.21. The van der Waals surface area contributed by atoms with Crippen LogP contribution in [0.2, 0.25) is 0 Å². The first-order valence-electron chi connectivity index (χ1n) is 6.92. The van der Waals surface area contributed by atoms with Gasteiger partial charge >= 0.3 is 0 Å². The molecule has 1 atom stereocenters. The molecule has 4 nitrogen and oxygen atoms in total. The van der Waals surface area contributed by atoms with E-state index in [1.807, 2.05) is 0 Å². The zero-order valence-corrected chi connectivity index (χ0v) is 11.0. The quantitative estimate of drug-likeness (QED) is 0.602. The van der Waals surface area contributed by atoms with Crippen molar-refractivity contribution < 1.29 is 9.53 Å². The van der Waals surface area contributed by atoms with Crippen molar-refractivity contribution in [2.24, 2.45) is 0 Å². The standard InChI is InChI=1S/C13H26N2O2/c1-2-3-4-8-14-9-7-13(16)15-11-12-6-5-10-17-12/h12,14H,2-11H2,1H3,(H,15,16). The van der Waals surface area contributed by atoms with Gasteiger partial charge in [-0.25, -0.2) is 0 Å². The molecule has 1 amide bonds. The molecule has 0 aromatic rings. The number of hydrogen-bond acceptors (Lipinski definition) is 3. The van der Waals surface area contributed by atoms with Crippen LogP contribution in [0.3, 0.4) is 0 Å². The Morgan fingerprint density at radius 1 is 1.35 bits per heavy atom. The summed E-state index contributed by atoms with van der Waals surface area (Å²) in [6, 6.07) is 0. The molecule has 1 heterocycles. The van der Waals surface area contributed by atoms with Crippen molar-refractivity contribution in [3.05, 3.63) is 0 Å². The number of ether oxygens (including phenoxy) is 1. The summed E-state index contributed by atoms with van der Waals surface area (Å²) in [5.74, 6) is 0.128. The molecule has 4 heteroatoms.